The normalized spacial score (nSPS) is 10.7. The zero-order valence-electron chi connectivity index (χ0n) is 20.7. The number of nitrogens with zero attached hydrogens (tertiary/aromatic N) is 4. The standard InChI is InChI=1S/C29H31N5OS/c1-3-19-34(2)27-20-26(23-9-5-4-6-10-23)32-29(33-27)36-21-22-12-14-24(15-13-22)28(35)31-18-16-25-11-7-8-17-30-25/h4-15,17,20H,3,16,18-19,21H2,1-2H3,(H,31,35). The highest BCUT2D eigenvalue weighted by atomic mass is 32.2. The minimum Gasteiger partial charge on any atom is -0.360 e. The molecule has 0 aliphatic heterocycles. The van der Waals surface area contributed by atoms with Gasteiger partial charge in [-0.25, -0.2) is 9.97 Å². The summed E-state index contributed by atoms with van der Waals surface area (Å²) in [7, 11) is 2.06. The molecule has 2 heterocycles. The summed E-state index contributed by atoms with van der Waals surface area (Å²) in [6.07, 6.45) is 3.52. The van der Waals surface area contributed by atoms with Crippen molar-refractivity contribution in [3.63, 3.8) is 0 Å². The fourth-order valence-electron chi connectivity index (χ4n) is 3.73. The summed E-state index contributed by atoms with van der Waals surface area (Å²) >= 11 is 1.60. The van der Waals surface area contributed by atoms with Crippen LogP contribution < -0.4 is 10.2 Å². The number of carbonyl (C=O) groups excluding carboxylic acids is 1. The molecule has 0 saturated carbocycles. The molecule has 1 N–H and O–H groups in total. The van der Waals surface area contributed by atoms with Crippen molar-refractivity contribution in [1.29, 1.82) is 0 Å². The Labute approximate surface area is 217 Å². The number of aromatic nitrogens is 3. The molecule has 6 nitrogen and oxygen atoms in total. The van der Waals surface area contributed by atoms with E-state index in [1.807, 2.05) is 60.7 Å². The molecule has 0 fully saturated rings. The number of rotatable bonds is 11. The maximum absolute atomic E-state index is 12.5. The number of benzene rings is 2. The second-order valence-electron chi connectivity index (χ2n) is 8.49. The quantitative estimate of drug-likeness (QED) is 0.213. The summed E-state index contributed by atoms with van der Waals surface area (Å²) in [5, 5.41) is 3.71. The molecule has 4 rings (SSSR count). The Kier molecular flexibility index (Phi) is 9.05. The Morgan fingerprint density at radius 1 is 0.972 bits per heavy atom. The first kappa shape index (κ1) is 25.4. The first-order valence-corrected chi connectivity index (χ1v) is 13.2. The Balaban J connectivity index is 1.38. The molecule has 0 spiro atoms. The van der Waals surface area contributed by atoms with E-state index < -0.39 is 0 Å². The number of hydrogen-bond donors (Lipinski definition) is 1. The SMILES string of the molecule is CCCN(C)c1cc(-c2ccccc2)nc(SCc2ccc(C(=O)NCCc3ccccn3)cc2)n1. The van der Waals surface area contributed by atoms with Gasteiger partial charge in [0, 0.05) is 61.4 Å². The number of amides is 1. The van der Waals surface area contributed by atoms with Crippen molar-refractivity contribution in [1.82, 2.24) is 20.3 Å². The van der Waals surface area contributed by atoms with Crippen LogP contribution in [0.2, 0.25) is 0 Å². The third-order valence-electron chi connectivity index (χ3n) is 5.69. The summed E-state index contributed by atoms with van der Waals surface area (Å²) in [6.45, 7) is 3.65. The van der Waals surface area contributed by atoms with E-state index in [9.17, 15) is 4.79 Å². The van der Waals surface area contributed by atoms with Crippen molar-refractivity contribution in [2.24, 2.45) is 0 Å². The lowest BCUT2D eigenvalue weighted by Gasteiger charge is -2.18. The van der Waals surface area contributed by atoms with Gasteiger partial charge in [-0.3, -0.25) is 9.78 Å². The summed E-state index contributed by atoms with van der Waals surface area (Å²) in [4.78, 5) is 28.6. The molecule has 0 bridgehead atoms. The molecular weight excluding hydrogens is 466 g/mol. The van der Waals surface area contributed by atoms with Gasteiger partial charge < -0.3 is 10.2 Å². The van der Waals surface area contributed by atoms with E-state index in [2.05, 4.69) is 47.4 Å². The van der Waals surface area contributed by atoms with Crippen LogP contribution in [-0.4, -0.2) is 41.0 Å². The third kappa shape index (κ3) is 7.15. The van der Waals surface area contributed by atoms with Crippen LogP contribution in [0.25, 0.3) is 11.3 Å². The van der Waals surface area contributed by atoms with Gasteiger partial charge in [0.05, 0.1) is 5.69 Å². The molecule has 0 aliphatic rings. The average Bonchev–Trinajstić information content (AvgIpc) is 2.93. The van der Waals surface area contributed by atoms with E-state index in [-0.39, 0.29) is 5.91 Å². The van der Waals surface area contributed by atoms with Crippen LogP contribution in [0.3, 0.4) is 0 Å². The highest BCUT2D eigenvalue weighted by Gasteiger charge is 2.11. The van der Waals surface area contributed by atoms with Crippen LogP contribution in [0, 0.1) is 0 Å². The Bertz CT molecular complexity index is 1250. The molecule has 7 heteroatoms. The van der Waals surface area contributed by atoms with Gasteiger partial charge in [-0.2, -0.15) is 0 Å². The van der Waals surface area contributed by atoms with Gasteiger partial charge in [0.1, 0.15) is 5.82 Å². The van der Waals surface area contributed by atoms with Gasteiger partial charge in [-0.05, 0) is 36.2 Å². The smallest absolute Gasteiger partial charge is 0.251 e. The minimum absolute atomic E-state index is 0.0763. The fraction of sp³-hybridized carbons (Fsp3) is 0.241. The minimum atomic E-state index is -0.0763. The Morgan fingerprint density at radius 2 is 1.75 bits per heavy atom. The molecule has 36 heavy (non-hydrogen) atoms. The van der Waals surface area contributed by atoms with Crippen molar-refractivity contribution < 1.29 is 4.79 Å². The van der Waals surface area contributed by atoms with E-state index in [1.165, 1.54) is 0 Å². The zero-order valence-corrected chi connectivity index (χ0v) is 21.5. The lowest BCUT2D eigenvalue weighted by molar-refractivity contribution is 0.0954. The lowest BCUT2D eigenvalue weighted by Crippen LogP contribution is -2.25. The monoisotopic (exact) mass is 497 g/mol. The van der Waals surface area contributed by atoms with Crippen LogP contribution in [0.5, 0.6) is 0 Å². The average molecular weight is 498 g/mol. The van der Waals surface area contributed by atoms with E-state index in [0.29, 0.717) is 18.5 Å². The van der Waals surface area contributed by atoms with E-state index in [4.69, 9.17) is 9.97 Å². The van der Waals surface area contributed by atoms with Gasteiger partial charge in [0.25, 0.3) is 5.91 Å². The Hall–Kier alpha value is -3.71. The van der Waals surface area contributed by atoms with Crippen molar-refractivity contribution in [3.8, 4) is 11.3 Å². The summed E-state index contributed by atoms with van der Waals surface area (Å²) in [5.74, 6) is 1.56. The van der Waals surface area contributed by atoms with Gasteiger partial charge in [-0.15, -0.1) is 0 Å². The van der Waals surface area contributed by atoms with Crippen LogP contribution in [0.15, 0.2) is 90.2 Å². The van der Waals surface area contributed by atoms with Crippen molar-refractivity contribution in [3.05, 3.63) is 102 Å². The first-order valence-electron chi connectivity index (χ1n) is 12.2. The Morgan fingerprint density at radius 3 is 2.47 bits per heavy atom. The van der Waals surface area contributed by atoms with Crippen LogP contribution in [-0.2, 0) is 12.2 Å². The zero-order chi connectivity index (χ0) is 25.2. The largest absolute Gasteiger partial charge is 0.360 e. The molecule has 0 aliphatic carbocycles. The lowest BCUT2D eigenvalue weighted by atomic mass is 10.1. The fourth-order valence-corrected chi connectivity index (χ4v) is 4.54. The number of anilines is 1. The van der Waals surface area contributed by atoms with E-state index >= 15 is 0 Å². The molecule has 1 amide bonds. The number of hydrogen-bond acceptors (Lipinski definition) is 6. The third-order valence-corrected chi connectivity index (χ3v) is 6.61. The number of carbonyl (C=O) groups is 1. The second-order valence-corrected chi connectivity index (χ2v) is 9.44. The van der Waals surface area contributed by atoms with Crippen molar-refractivity contribution >= 4 is 23.5 Å². The predicted octanol–water partition coefficient (Wildman–Crippen LogP) is 5.65. The summed E-state index contributed by atoms with van der Waals surface area (Å²) in [5.41, 5.74) is 4.72. The van der Waals surface area contributed by atoms with E-state index in [0.717, 1.165) is 52.2 Å². The maximum Gasteiger partial charge on any atom is 0.251 e. The van der Waals surface area contributed by atoms with Gasteiger partial charge in [0.15, 0.2) is 5.16 Å². The molecule has 2 aromatic heterocycles. The van der Waals surface area contributed by atoms with Gasteiger partial charge in [0.2, 0.25) is 0 Å². The summed E-state index contributed by atoms with van der Waals surface area (Å²) in [6, 6.07) is 25.8. The molecule has 0 radical (unpaired) electrons. The molecule has 184 valence electrons. The first-order chi connectivity index (χ1) is 17.6. The predicted molar refractivity (Wildman–Crippen MR) is 147 cm³/mol. The van der Waals surface area contributed by atoms with Crippen LogP contribution in [0.4, 0.5) is 5.82 Å². The highest BCUT2D eigenvalue weighted by molar-refractivity contribution is 7.98. The topological polar surface area (TPSA) is 71.0 Å². The van der Waals surface area contributed by atoms with Crippen molar-refractivity contribution in [2.75, 3.05) is 25.0 Å². The number of thioether (sulfide) groups is 1. The van der Waals surface area contributed by atoms with E-state index in [1.54, 1.807) is 18.0 Å². The maximum atomic E-state index is 12.5. The van der Waals surface area contributed by atoms with Crippen molar-refractivity contribution in [2.45, 2.75) is 30.7 Å². The number of pyridine rings is 1. The molecular formula is C29H31N5OS. The molecule has 0 saturated heterocycles. The highest BCUT2D eigenvalue weighted by Crippen LogP contribution is 2.27. The molecule has 0 atom stereocenters. The second kappa shape index (κ2) is 12.8. The van der Waals surface area contributed by atoms with Gasteiger partial charge >= 0.3 is 0 Å². The molecule has 2 aromatic carbocycles. The van der Waals surface area contributed by atoms with Gasteiger partial charge in [-0.1, -0.05) is 67.2 Å². The number of nitrogens with one attached hydrogen (secondary N) is 1. The molecule has 4 aromatic rings. The summed E-state index contributed by atoms with van der Waals surface area (Å²) < 4.78 is 0. The molecule has 0 unspecified atom stereocenters. The van der Waals surface area contributed by atoms with Crippen LogP contribution >= 0.6 is 11.8 Å². The van der Waals surface area contributed by atoms with Crippen LogP contribution in [0.1, 0.15) is 35.0 Å².